The predicted molar refractivity (Wildman–Crippen MR) is 160 cm³/mol. The van der Waals surface area contributed by atoms with E-state index in [1.807, 2.05) is 0 Å². The standard InChI is InChI=1S/C35H54N2O2/c1-20(2)7-6-8-21(3)30-11-12-31-28-10-9-24-17-27(39-33(38)23-15-25(36)18-26(37)16-23)13-14-35(24)22(4)29(32(28)35)19-34(30,31)5/h15-16,18,20-22,24,27-32H,6-14,17,19,36-37H2,1-5H3. The number of anilines is 2. The molecule has 5 saturated carbocycles. The van der Waals surface area contributed by atoms with E-state index < -0.39 is 0 Å². The maximum Gasteiger partial charge on any atom is 0.338 e. The van der Waals surface area contributed by atoms with Gasteiger partial charge in [0, 0.05) is 11.4 Å². The van der Waals surface area contributed by atoms with Crippen molar-refractivity contribution in [1.29, 1.82) is 0 Å². The average Bonchev–Trinajstić information content (AvgIpc) is 3.23. The summed E-state index contributed by atoms with van der Waals surface area (Å²) < 4.78 is 6.09. The fourth-order valence-corrected chi connectivity index (χ4v) is 11.9. The highest BCUT2D eigenvalue weighted by atomic mass is 16.5. The Morgan fingerprint density at radius 3 is 2.46 bits per heavy atom. The first-order valence-electron chi connectivity index (χ1n) is 16.4. The van der Waals surface area contributed by atoms with Crippen molar-refractivity contribution < 1.29 is 9.53 Å². The number of nitrogens with two attached hydrogens (primary N) is 2. The van der Waals surface area contributed by atoms with Crippen LogP contribution in [0.5, 0.6) is 0 Å². The van der Waals surface area contributed by atoms with Crippen LogP contribution >= 0.6 is 0 Å². The van der Waals surface area contributed by atoms with E-state index in [9.17, 15) is 4.79 Å². The summed E-state index contributed by atoms with van der Waals surface area (Å²) in [7, 11) is 0. The van der Waals surface area contributed by atoms with Gasteiger partial charge >= 0.3 is 5.97 Å². The first-order chi connectivity index (χ1) is 18.5. The Labute approximate surface area is 237 Å². The number of benzene rings is 1. The fourth-order valence-electron chi connectivity index (χ4n) is 11.9. The Kier molecular flexibility index (Phi) is 7.03. The summed E-state index contributed by atoms with van der Waals surface area (Å²) in [5.74, 6) is 7.59. The van der Waals surface area contributed by atoms with Gasteiger partial charge in [-0.1, -0.05) is 53.9 Å². The van der Waals surface area contributed by atoms with Gasteiger partial charge in [0.2, 0.25) is 0 Å². The quantitative estimate of drug-likeness (QED) is 0.272. The van der Waals surface area contributed by atoms with Gasteiger partial charge in [-0.15, -0.1) is 0 Å². The van der Waals surface area contributed by atoms with E-state index in [-0.39, 0.29) is 12.1 Å². The van der Waals surface area contributed by atoms with Gasteiger partial charge in [0.15, 0.2) is 0 Å². The molecule has 4 nitrogen and oxygen atoms in total. The zero-order valence-electron chi connectivity index (χ0n) is 25.3. The third kappa shape index (κ3) is 4.33. The highest BCUT2D eigenvalue weighted by Gasteiger charge is 2.73. The average molecular weight is 535 g/mol. The SMILES string of the molecule is CC(C)CCCC(C)C1CCC2C3CCC4CC(OC(=O)c5cc(N)cc(N)c5)CCC45C(C)C(CC12C)C35. The number of rotatable bonds is 7. The van der Waals surface area contributed by atoms with Gasteiger partial charge in [-0.05, 0) is 134 Å². The molecule has 4 heteroatoms. The maximum absolute atomic E-state index is 13.0. The van der Waals surface area contributed by atoms with Gasteiger partial charge in [0.05, 0.1) is 5.56 Å². The van der Waals surface area contributed by atoms with Crippen LogP contribution in [0.4, 0.5) is 11.4 Å². The van der Waals surface area contributed by atoms with Gasteiger partial charge in [-0.2, -0.15) is 0 Å². The minimum atomic E-state index is -0.267. The topological polar surface area (TPSA) is 78.3 Å². The first kappa shape index (κ1) is 27.5. The van der Waals surface area contributed by atoms with Crippen LogP contribution in [-0.4, -0.2) is 12.1 Å². The molecule has 0 heterocycles. The van der Waals surface area contributed by atoms with Gasteiger partial charge < -0.3 is 16.2 Å². The molecule has 1 spiro atoms. The summed E-state index contributed by atoms with van der Waals surface area (Å²) in [6, 6.07) is 5.06. The lowest BCUT2D eigenvalue weighted by Gasteiger charge is -2.75. The molecule has 4 N–H and O–H groups in total. The molecule has 11 unspecified atom stereocenters. The molecule has 216 valence electrons. The Bertz CT molecular complexity index is 1060. The largest absolute Gasteiger partial charge is 0.459 e. The first-order valence-corrected chi connectivity index (χ1v) is 16.4. The van der Waals surface area contributed by atoms with Crippen molar-refractivity contribution in [3.05, 3.63) is 23.8 Å². The Balaban J connectivity index is 1.14. The summed E-state index contributed by atoms with van der Waals surface area (Å²) >= 11 is 0. The molecule has 5 aliphatic carbocycles. The van der Waals surface area contributed by atoms with Crippen LogP contribution in [0.15, 0.2) is 18.2 Å². The van der Waals surface area contributed by atoms with Crippen molar-refractivity contribution in [3.8, 4) is 0 Å². The van der Waals surface area contributed by atoms with Crippen LogP contribution in [-0.2, 0) is 4.74 Å². The normalized spacial score (nSPS) is 43.1. The van der Waals surface area contributed by atoms with E-state index in [1.165, 1.54) is 57.8 Å². The molecular formula is C35H54N2O2. The van der Waals surface area contributed by atoms with Crippen molar-refractivity contribution in [3.63, 3.8) is 0 Å². The molecule has 0 aromatic heterocycles. The van der Waals surface area contributed by atoms with Crippen LogP contribution in [0.3, 0.4) is 0 Å². The molecule has 0 amide bonds. The summed E-state index contributed by atoms with van der Waals surface area (Å²) in [5.41, 5.74) is 14.4. The van der Waals surface area contributed by atoms with Gasteiger partial charge in [0.1, 0.15) is 6.10 Å². The van der Waals surface area contributed by atoms with Crippen LogP contribution in [0, 0.1) is 64.1 Å². The molecule has 39 heavy (non-hydrogen) atoms. The Morgan fingerprint density at radius 2 is 1.74 bits per heavy atom. The lowest BCUT2D eigenvalue weighted by Crippen LogP contribution is -2.70. The molecule has 0 saturated heterocycles. The van der Waals surface area contributed by atoms with Crippen LogP contribution < -0.4 is 11.5 Å². The number of esters is 1. The smallest absolute Gasteiger partial charge is 0.338 e. The lowest BCUT2D eigenvalue weighted by atomic mass is 9.29. The summed E-state index contributed by atoms with van der Waals surface area (Å²) in [5, 5.41) is 0. The van der Waals surface area contributed by atoms with E-state index in [1.54, 1.807) is 18.2 Å². The number of carbonyl (C=O) groups excluding carboxylic acids is 1. The number of fused-ring (bicyclic) bond motifs is 2. The second-order valence-corrected chi connectivity index (χ2v) is 15.5. The number of nitrogen functional groups attached to an aromatic ring is 2. The van der Waals surface area contributed by atoms with E-state index in [0.717, 1.165) is 60.2 Å². The second-order valence-electron chi connectivity index (χ2n) is 15.5. The molecule has 0 radical (unpaired) electrons. The second kappa shape index (κ2) is 9.98. The highest BCUT2D eigenvalue weighted by molar-refractivity contribution is 5.91. The molecule has 0 aliphatic heterocycles. The van der Waals surface area contributed by atoms with Crippen molar-refractivity contribution in [1.82, 2.24) is 0 Å². The molecule has 1 aromatic rings. The third-order valence-corrected chi connectivity index (χ3v) is 13.4. The van der Waals surface area contributed by atoms with Gasteiger partial charge in [-0.3, -0.25) is 0 Å². The van der Waals surface area contributed by atoms with Crippen LogP contribution in [0.25, 0.3) is 0 Å². The lowest BCUT2D eigenvalue weighted by molar-refractivity contribution is -0.277. The third-order valence-electron chi connectivity index (χ3n) is 13.4. The van der Waals surface area contributed by atoms with E-state index in [2.05, 4.69) is 34.6 Å². The van der Waals surface area contributed by atoms with Crippen LogP contribution in [0.2, 0.25) is 0 Å². The van der Waals surface area contributed by atoms with Crippen molar-refractivity contribution in [2.45, 2.75) is 111 Å². The molecule has 11 atom stereocenters. The molecule has 0 bridgehead atoms. The minimum absolute atomic E-state index is 0.0231. The zero-order chi connectivity index (χ0) is 27.7. The number of carbonyl (C=O) groups is 1. The number of hydrogen-bond acceptors (Lipinski definition) is 4. The molecular weight excluding hydrogens is 480 g/mol. The Hall–Kier alpha value is -1.71. The molecule has 5 aliphatic rings. The monoisotopic (exact) mass is 534 g/mol. The van der Waals surface area contributed by atoms with Crippen molar-refractivity contribution in [2.24, 2.45) is 64.1 Å². The molecule has 1 aromatic carbocycles. The predicted octanol–water partition coefficient (Wildman–Crippen LogP) is 8.35. The minimum Gasteiger partial charge on any atom is -0.459 e. The van der Waals surface area contributed by atoms with E-state index >= 15 is 0 Å². The summed E-state index contributed by atoms with van der Waals surface area (Å²) in [6.45, 7) is 12.7. The summed E-state index contributed by atoms with van der Waals surface area (Å²) in [4.78, 5) is 13.0. The molecule has 6 rings (SSSR count). The summed E-state index contributed by atoms with van der Waals surface area (Å²) in [6.07, 6.45) is 14.7. The molecule has 5 fully saturated rings. The maximum atomic E-state index is 13.0. The fraction of sp³-hybridized carbons (Fsp3) is 0.800. The Morgan fingerprint density at radius 1 is 1.00 bits per heavy atom. The zero-order valence-corrected chi connectivity index (χ0v) is 25.3. The number of hydrogen-bond donors (Lipinski definition) is 2. The number of ether oxygens (including phenoxy) is 1. The highest BCUT2D eigenvalue weighted by Crippen LogP contribution is 2.79. The van der Waals surface area contributed by atoms with Crippen molar-refractivity contribution >= 4 is 17.3 Å². The van der Waals surface area contributed by atoms with Gasteiger partial charge in [-0.25, -0.2) is 4.79 Å². The van der Waals surface area contributed by atoms with Crippen molar-refractivity contribution in [2.75, 3.05) is 11.5 Å². The van der Waals surface area contributed by atoms with Crippen LogP contribution in [0.1, 0.15) is 116 Å². The van der Waals surface area contributed by atoms with E-state index in [0.29, 0.717) is 33.7 Å². The van der Waals surface area contributed by atoms with E-state index in [4.69, 9.17) is 16.2 Å². The van der Waals surface area contributed by atoms with Gasteiger partial charge in [0.25, 0.3) is 0 Å².